The van der Waals surface area contributed by atoms with E-state index in [0.29, 0.717) is 11.8 Å². The molecule has 6 rings (SSSR count). The van der Waals surface area contributed by atoms with Gasteiger partial charge in [0.05, 0.1) is 0 Å². The van der Waals surface area contributed by atoms with Gasteiger partial charge in [-0.15, -0.1) is 0 Å². The van der Waals surface area contributed by atoms with Gasteiger partial charge >= 0.3 is 0 Å². The van der Waals surface area contributed by atoms with Crippen molar-refractivity contribution in [3.8, 4) is 5.75 Å². The lowest BCUT2D eigenvalue weighted by Crippen LogP contribution is -2.55. The molecule has 2 aromatic carbocycles. The molecule has 0 N–H and O–H groups in total. The molecule has 1 spiro atoms. The molecule has 3 fully saturated rings. The zero-order valence-corrected chi connectivity index (χ0v) is 16.8. The highest BCUT2D eigenvalue weighted by Crippen LogP contribution is 2.55. The van der Waals surface area contributed by atoms with E-state index in [9.17, 15) is 0 Å². The van der Waals surface area contributed by atoms with Crippen molar-refractivity contribution in [2.45, 2.75) is 63.4 Å². The number of rotatable bonds is 1. The Kier molecular flexibility index (Phi) is 3.96. The molecule has 2 saturated carbocycles. The van der Waals surface area contributed by atoms with Crippen molar-refractivity contribution in [3.63, 3.8) is 0 Å². The van der Waals surface area contributed by atoms with Gasteiger partial charge in [0.1, 0.15) is 11.4 Å². The topological polar surface area (TPSA) is 12.5 Å². The molecule has 2 heterocycles. The smallest absolute Gasteiger partial charge is 0.137 e. The highest BCUT2D eigenvalue weighted by Gasteiger charge is 2.52. The first-order valence-corrected chi connectivity index (χ1v) is 11.5. The van der Waals surface area contributed by atoms with Gasteiger partial charge in [0, 0.05) is 41.6 Å². The first kappa shape index (κ1) is 16.9. The molecule has 146 valence electrons. The Bertz CT molecular complexity index is 901. The third kappa shape index (κ3) is 2.46. The van der Waals surface area contributed by atoms with E-state index in [4.69, 9.17) is 4.74 Å². The fraction of sp³-hybridized carbons (Fsp3) is 0.538. The molecule has 0 unspecified atom stereocenters. The molecule has 2 nitrogen and oxygen atoms in total. The number of likely N-dealkylation sites (tertiary alicyclic amines) is 1. The van der Waals surface area contributed by atoms with Gasteiger partial charge in [0.15, 0.2) is 0 Å². The van der Waals surface area contributed by atoms with E-state index in [0.717, 1.165) is 0 Å². The summed E-state index contributed by atoms with van der Waals surface area (Å²) in [5.41, 5.74) is 2.74. The minimum absolute atomic E-state index is 0.0690. The molecule has 2 heteroatoms. The van der Waals surface area contributed by atoms with Crippen LogP contribution in [0.1, 0.15) is 63.4 Å². The van der Waals surface area contributed by atoms with E-state index >= 15 is 0 Å². The van der Waals surface area contributed by atoms with E-state index in [1.165, 1.54) is 98.7 Å². The number of hydrogen-bond acceptors (Lipinski definition) is 2. The quantitative estimate of drug-likeness (QED) is 0.573. The monoisotopic (exact) mass is 373 g/mol. The minimum atomic E-state index is -0.0690. The van der Waals surface area contributed by atoms with E-state index in [1.54, 1.807) is 0 Å². The minimum Gasteiger partial charge on any atom is -0.481 e. The number of hydrogen-bond donors (Lipinski definition) is 0. The van der Waals surface area contributed by atoms with Crippen LogP contribution < -0.4 is 4.74 Å². The summed E-state index contributed by atoms with van der Waals surface area (Å²) in [4.78, 5) is 2.67. The Hall–Kier alpha value is -1.96. The van der Waals surface area contributed by atoms with Crippen LogP contribution in [0.25, 0.3) is 16.5 Å². The van der Waals surface area contributed by atoms with Gasteiger partial charge < -0.3 is 9.64 Å². The van der Waals surface area contributed by atoms with Gasteiger partial charge in [-0.1, -0.05) is 43.2 Å². The fourth-order valence-corrected chi connectivity index (χ4v) is 6.60. The maximum Gasteiger partial charge on any atom is 0.137 e. The number of ether oxygens (including phenoxy) is 1. The molecule has 4 aliphatic rings. The lowest BCUT2D eigenvalue weighted by atomic mass is 9.60. The van der Waals surface area contributed by atoms with Crippen LogP contribution in [0.15, 0.2) is 42.5 Å². The second-order valence-corrected chi connectivity index (χ2v) is 9.45. The summed E-state index contributed by atoms with van der Waals surface area (Å²) in [6, 6.07) is 13.4. The molecule has 0 aromatic heterocycles. The summed E-state index contributed by atoms with van der Waals surface area (Å²) in [6.07, 6.45) is 14.7. The molecule has 28 heavy (non-hydrogen) atoms. The summed E-state index contributed by atoms with van der Waals surface area (Å²) < 4.78 is 7.16. The Morgan fingerprint density at radius 3 is 2.25 bits per heavy atom. The molecule has 0 radical (unpaired) electrons. The number of nitrogens with zero attached hydrogens (tertiary/aromatic N) is 1. The number of benzene rings is 2. The van der Waals surface area contributed by atoms with Crippen molar-refractivity contribution < 1.29 is 4.74 Å². The normalized spacial score (nSPS) is 32.0. The molecular formula is C26H31NO. The summed E-state index contributed by atoms with van der Waals surface area (Å²) in [6.45, 7) is 2.40. The second kappa shape index (κ2) is 6.54. The van der Waals surface area contributed by atoms with Crippen LogP contribution in [0, 0.1) is 11.8 Å². The zero-order chi connectivity index (χ0) is 18.6. The molecular weight excluding hydrogens is 342 g/mol. The summed E-state index contributed by atoms with van der Waals surface area (Å²) in [5, 5.41) is 2.60. The van der Waals surface area contributed by atoms with Gasteiger partial charge in [-0.2, -0.15) is 0 Å². The maximum atomic E-state index is 7.16. The summed E-state index contributed by atoms with van der Waals surface area (Å²) >= 11 is 0. The third-order valence-corrected chi connectivity index (χ3v) is 7.98. The Labute approximate surface area is 168 Å². The standard InChI is InChI=1S/C26H31NO/c1-4-16-27(17-5-1)24-18-26(20-9-6-10-21(26)12-7-11-20)28-25-22-13-3-2-8-19(22)14-15-23(24)25/h2-3,8,13-15,18,20-21H,1,4-7,9-12,16-17H2. The summed E-state index contributed by atoms with van der Waals surface area (Å²) in [5.74, 6) is 2.54. The van der Waals surface area contributed by atoms with Crippen LogP contribution in [-0.4, -0.2) is 23.6 Å². The number of fused-ring (bicyclic) bond motifs is 3. The molecule has 2 bridgehead atoms. The van der Waals surface area contributed by atoms with Gasteiger partial charge in [-0.05, 0) is 62.5 Å². The largest absolute Gasteiger partial charge is 0.481 e. The van der Waals surface area contributed by atoms with Crippen molar-refractivity contribution in [1.82, 2.24) is 4.90 Å². The van der Waals surface area contributed by atoms with Crippen molar-refractivity contribution in [3.05, 3.63) is 48.0 Å². The van der Waals surface area contributed by atoms with Crippen molar-refractivity contribution in [1.29, 1.82) is 0 Å². The van der Waals surface area contributed by atoms with Crippen molar-refractivity contribution in [2.24, 2.45) is 11.8 Å². The number of piperidine rings is 1. The SMILES string of the molecule is C1=C(N2CCCCC2)c2ccc3ccccc3c2OC12C1CCCC2CCC1. The lowest BCUT2D eigenvalue weighted by molar-refractivity contribution is -0.0619. The predicted octanol–water partition coefficient (Wildman–Crippen LogP) is 6.40. The Balaban J connectivity index is 1.57. The highest BCUT2D eigenvalue weighted by atomic mass is 16.5. The van der Waals surface area contributed by atoms with Gasteiger partial charge in [-0.3, -0.25) is 0 Å². The van der Waals surface area contributed by atoms with Gasteiger partial charge in [-0.25, -0.2) is 0 Å². The molecule has 2 aromatic rings. The van der Waals surface area contributed by atoms with E-state index in [-0.39, 0.29) is 5.60 Å². The van der Waals surface area contributed by atoms with Crippen molar-refractivity contribution >= 4 is 16.5 Å². The van der Waals surface area contributed by atoms with Crippen molar-refractivity contribution in [2.75, 3.05) is 13.1 Å². The fourth-order valence-electron chi connectivity index (χ4n) is 6.60. The molecule has 2 aliphatic heterocycles. The van der Waals surface area contributed by atoms with Crippen LogP contribution in [0.3, 0.4) is 0 Å². The highest BCUT2D eigenvalue weighted by molar-refractivity contribution is 5.94. The predicted molar refractivity (Wildman–Crippen MR) is 115 cm³/mol. The van der Waals surface area contributed by atoms with Crippen LogP contribution in [0.5, 0.6) is 5.75 Å². The average Bonchev–Trinajstić information content (AvgIpc) is 2.73. The second-order valence-electron chi connectivity index (χ2n) is 9.45. The first-order valence-electron chi connectivity index (χ1n) is 11.5. The van der Waals surface area contributed by atoms with E-state index in [2.05, 4.69) is 47.4 Å². The Morgan fingerprint density at radius 1 is 0.786 bits per heavy atom. The van der Waals surface area contributed by atoms with Crippen LogP contribution in [-0.2, 0) is 0 Å². The maximum absolute atomic E-state index is 7.16. The van der Waals surface area contributed by atoms with E-state index < -0.39 is 0 Å². The van der Waals surface area contributed by atoms with Gasteiger partial charge in [0.2, 0.25) is 0 Å². The molecule has 1 saturated heterocycles. The van der Waals surface area contributed by atoms with Gasteiger partial charge in [0.25, 0.3) is 0 Å². The molecule has 2 aliphatic carbocycles. The zero-order valence-electron chi connectivity index (χ0n) is 16.8. The third-order valence-electron chi connectivity index (χ3n) is 7.98. The van der Waals surface area contributed by atoms with E-state index in [1.807, 2.05) is 0 Å². The van der Waals surface area contributed by atoms with Crippen LogP contribution >= 0.6 is 0 Å². The molecule has 0 atom stereocenters. The van der Waals surface area contributed by atoms with Crippen LogP contribution in [0.2, 0.25) is 0 Å². The lowest BCUT2D eigenvalue weighted by Gasteiger charge is -2.54. The molecule has 0 amide bonds. The summed E-state index contributed by atoms with van der Waals surface area (Å²) in [7, 11) is 0. The van der Waals surface area contributed by atoms with Crippen LogP contribution in [0.4, 0.5) is 0 Å². The Morgan fingerprint density at radius 2 is 1.50 bits per heavy atom. The average molecular weight is 374 g/mol. The first-order chi connectivity index (χ1) is 13.9.